The molecular weight excluding hydrogens is 418 g/mol. The number of hydrogen-bond donors (Lipinski definition) is 1. The predicted octanol–water partition coefficient (Wildman–Crippen LogP) is 2.74. The quantitative estimate of drug-likeness (QED) is 0.671. The second-order valence-electron chi connectivity index (χ2n) is 8.03. The maximum atomic E-state index is 12.4. The van der Waals surface area contributed by atoms with Gasteiger partial charge in [0.25, 0.3) is 5.91 Å². The van der Waals surface area contributed by atoms with E-state index >= 15 is 0 Å². The van der Waals surface area contributed by atoms with E-state index in [0.717, 1.165) is 5.56 Å². The fourth-order valence-corrected chi connectivity index (χ4v) is 4.84. The molecule has 0 radical (unpaired) electrons. The van der Waals surface area contributed by atoms with E-state index in [1.807, 2.05) is 31.2 Å². The van der Waals surface area contributed by atoms with Crippen molar-refractivity contribution in [2.45, 2.75) is 44.0 Å². The average molecular weight is 446 g/mol. The fourth-order valence-electron chi connectivity index (χ4n) is 3.47. The summed E-state index contributed by atoms with van der Waals surface area (Å²) in [4.78, 5) is 18.4. The van der Waals surface area contributed by atoms with Crippen molar-refractivity contribution in [2.75, 3.05) is 24.4 Å². The highest BCUT2D eigenvalue weighted by Gasteiger charge is 2.35. The second kappa shape index (κ2) is 9.13. The highest BCUT2D eigenvalue weighted by atomic mass is 32.2. The van der Waals surface area contributed by atoms with Gasteiger partial charge in [0, 0.05) is 32.0 Å². The Hall–Kier alpha value is -2.81. The smallest absolute Gasteiger partial charge is 0.260 e. The number of amides is 1. The molecule has 166 valence electrons. The maximum absolute atomic E-state index is 12.4. The number of hydrogen-bond acceptors (Lipinski definition) is 6. The van der Waals surface area contributed by atoms with E-state index in [2.05, 4.69) is 9.71 Å². The number of rotatable bonds is 8. The van der Waals surface area contributed by atoms with Gasteiger partial charge in [-0.2, -0.15) is 0 Å². The number of aryl methyl sites for hydroxylation is 1. The van der Waals surface area contributed by atoms with Gasteiger partial charge in [-0.1, -0.05) is 12.1 Å². The lowest BCUT2D eigenvalue weighted by Crippen LogP contribution is -2.43. The van der Waals surface area contributed by atoms with Crippen LogP contribution in [0.1, 0.15) is 31.2 Å². The SMILES string of the molecule is Cc1cccc(OCC(=O)N2CCC(Oc3ccc(NS(=O)(=O)C4CC4)cn3)CC2)c1. The lowest BCUT2D eigenvalue weighted by molar-refractivity contribution is -0.135. The summed E-state index contributed by atoms with van der Waals surface area (Å²) < 4.78 is 38.0. The number of carbonyl (C=O) groups is 1. The molecule has 1 aliphatic heterocycles. The first-order valence-electron chi connectivity index (χ1n) is 10.5. The molecule has 0 unspecified atom stereocenters. The van der Waals surface area contributed by atoms with E-state index in [9.17, 15) is 13.2 Å². The van der Waals surface area contributed by atoms with Crippen molar-refractivity contribution in [3.8, 4) is 11.6 Å². The van der Waals surface area contributed by atoms with Crippen LogP contribution >= 0.6 is 0 Å². The van der Waals surface area contributed by atoms with Crippen LogP contribution in [0.4, 0.5) is 5.69 Å². The molecule has 1 saturated heterocycles. The maximum Gasteiger partial charge on any atom is 0.260 e. The van der Waals surface area contributed by atoms with E-state index in [1.165, 1.54) is 6.20 Å². The summed E-state index contributed by atoms with van der Waals surface area (Å²) in [6.45, 7) is 3.20. The monoisotopic (exact) mass is 445 g/mol. The van der Waals surface area contributed by atoms with Gasteiger partial charge in [0.1, 0.15) is 11.9 Å². The van der Waals surface area contributed by atoms with Gasteiger partial charge >= 0.3 is 0 Å². The molecule has 0 bridgehead atoms. The van der Waals surface area contributed by atoms with E-state index in [-0.39, 0.29) is 23.9 Å². The number of aromatic nitrogens is 1. The highest BCUT2D eigenvalue weighted by molar-refractivity contribution is 7.93. The number of carbonyl (C=O) groups excluding carboxylic acids is 1. The van der Waals surface area contributed by atoms with Gasteiger partial charge in [-0.15, -0.1) is 0 Å². The van der Waals surface area contributed by atoms with Crippen LogP contribution in [0.3, 0.4) is 0 Å². The van der Waals surface area contributed by atoms with Gasteiger partial charge in [-0.25, -0.2) is 13.4 Å². The summed E-state index contributed by atoms with van der Waals surface area (Å²) >= 11 is 0. The number of ether oxygens (including phenoxy) is 2. The van der Waals surface area contributed by atoms with Crippen molar-refractivity contribution in [1.29, 1.82) is 0 Å². The summed E-state index contributed by atoms with van der Waals surface area (Å²) in [5, 5.41) is -0.279. The zero-order chi connectivity index (χ0) is 21.8. The molecule has 2 heterocycles. The number of nitrogens with zero attached hydrogens (tertiary/aromatic N) is 2. The van der Waals surface area contributed by atoms with Crippen LogP contribution in [0.5, 0.6) is 11.6 Å². The first kappa shape index (κ1) is 21.4. The molecule has 1 aromatic heterocycles. The van der Waals surface area contributed by atoms with Crippen molar-refractivity contribution in [1.82, 2.24) is 9.88 Å². The number of anilines is 1. The van der Waals surface area contributed by atoms with E-state index < -0.39 is 10.0 Å². The molecule has 2 fully saturated rings. The Morgan fingerprint density at radius 1 is 1.16 bits per heavy atom. The molecule has 0 spiro atoms. The number of piperidine rings is 1. The summed E-state index contributed by atoms with van der Waals surface area (Å²) in [6, 6.07) is 11.0. The molecule has 4 rings (SSSR count). The highest BCUT2D eigenvalue weighted by Crippen LogP contribution is 2.30. The minimum absolute atomic E-state index is 0.0226. The summed E-state index contributed by atoms with van der Waals surface area (Å²) in [5.41, 5.74) is 1.53. The van der Waals surface area contributed by atoms with Gasteiger partial charge in [-0.3, -0.25) is 9.52 Å². The molecule has 1 aromatic carbocycles. The topological polar surface area (TPSA) is 97.8 Å². The Morgan fingerprint density at radius 3 is 2.58 bits per heavy atom. The third-order valence-electron chi connectivity index (χ3n) is 5.39. The van der Waals surface area contributed by atoms with Crippen LogP contribution in [-0.4, -0.2) is 55.3 Å². The third kappa shape index (κ3) is 5.88. The molecule has 8 nitrogen and oxygen atoms in total. The molecule has 1 saturated carbocycles. The Morgan fingerprint density at radius 2 is 1.94 bits per heavy atom. The summed E-state index contributed by atoms with van der Waals surface area (Å²) in [7, 11) is -3.30. The van der Waals surface area contributed by atoms with E-state index in [0.29, 0.717) is 56.1 Å². The first-order valence-corrected chi connectivity index (χ1v) is 12.1. The molecule has 9 heteroatoms. The summed E-state index contributed by atoms with van der Waals surface area (Å²) in [6.07, 6.45) is 4.26. The molecule has 2 aromatic rings. The lowest BCUT2D eigenvalue weighted by Gasteiger charge is -2.31. The Balaban J connectivity index is 1.21. The van der Waals surface area contributed by atoms with Crippen LogP contribution in [0.2, 0.25) is 0 Å². The third-order valence-corrected chi connectivity index (χ3v) is 7.26. The zero-order valence-corrected chi connectivity index (χ0v) is 18.3. The van der Waals surface area contributed by atoms with Gasteiger partial charge in [0.15, 0.2) is 6.61 Å². The Labute approximate surface area is 182 Å². The van der Waals surface area contributed by atoms with Gasteiger partial charge in [-0.05, 0) is 43.5 Å². The molecule has 1 amide bonds. The van der Waals surface area contributed by atoms with Gasteiger partial charge < -0.3 is 14.4 Å². The van der Waals surface area contributed by atoms with Crippen LogP contribution in [0, 0.1) is 6.92 Å². The molecule has 1 aliphatic carbocycles. The molecule has 2 aliphatic rings. The van der Waals surface area contributed by atoms with Crippen molar-refractivity contribution < 1.29 is 22.7 Å². The number of nitrogens with one attached hydrogen (secondary N) is 1. The molecule has 31 heavy (non-hydrogen) atoms. The minimum atomic E-state index is -3.30. The van der Waals surface area contributed by atoms with E-state index in [1.54, 1.807) is 17.0 Å². The van der Waals surface area contributed by atoms with Gasteiger partial charge in [0.2, 0.25) is 15.9 Å². The van der Waals surface area contributed by atoms with Crippen molar-refractivity contribution >= 4 is 21.6 Å². The van der Waals surface area contributed by atoms with Crippen molar-refractivity contribution in [3.05, 3.63) is 48.2 Å². The standard InChI is InChI=1S/C22H27N3O5S/c1-16-3-2-4-19(13-16)29-15-22(26)25-11-9-18(10-12-25)30-21-8-5-17(14-23-21)24-31(27,28)20-6-7-20/h2-5,8,13-14,18,20,24H,6-7,9-12,15H2,1H3. The number of sulfonamides is 1. The van der Waals surface area contributed by atoms with Crippen molar-refractivity contribution in [3.63, 3.8) is 0 Å². The zero-order valence-electron chi connectivity index (χ0n) is 17.5. The molecule has 0 atom stereocenters. The van der Waals surface area contributed by atoms with E-state index in [4.69, 9.17) is 9.47 Å². The number of likely N-dealkylation sites (tertiary alicyclic amines) is 1. The second-order valence-corrected chi connectivity index (χ2v) is 10.00. The van der Waals surface area contributed by atoms with Crippen LogP contribution < -0.4 is 14.2 Å². The average Bonchev–Trinajstić information content (AvgIpc) is 3.60. The number of pyridine rings is 1. The molecular formula is C22H27N3O5S. The number of benzene rings is 1. The Bertz CT molecular complexity index is 1010. The summed E-state index contributed by atoms with van der Waals surface area (Å²) in [5.74, 6) is 1.10. The largest absolute Gasteiger partial charge is 0.484 e. The predicted molar refractivity (Wildman–Crippen MR) is 117 cm³/mol. The lowest BCUT2D eigenvalue weighted by atomic mass is 10.1. The van der Waals surface area contributed by atoms with Crippen LogP contribution in [0.15, 0.2) is 42.6 Å². The Kier molecular flexibility index (Phi) is 6.31. The van der Waals surface area contributed by atoms with Gasteiger partial charge in [0.05, 0.1) is 17.1 Å². The molecule has 1 N–H and O–H groups in total. The first-order chi connectivity index (χ1) is 14.9. The van der Waals surface area contributed by atoms with Crippen LogP contribution in [0.25, 0.3) is 0 Å². The minimum Gasteiger partial charge on any atom is -0.484 e. The van der Waals surface area contributed by atoms with Crippen LogP contribution in [-0.2, 0) is 14.8 Å². The van der Waals surface area contributed by atoms with Crippen molar-refractivity contribution in [2.24, 2.45) is 0 Å². The fraction of sp³-hybridized carbons (Fsp3) is 0.455. The normalized spacial score (nSPS) is 17.3.